The maximum atomic E-state index is 13.4. The van der Waals surface area contributed by atoms with Gasteiger partial charge in [-0.05, 0) is 104 Å². The Kier molecular flexibility index (Phi) is 9.80. The maximum Gasteiger partial charge on any atom is 0.514 e. The van der Waals surface area contributed by atoms with E-state index in [0.717, 1.165) is 11.4 Å². The molecule has 0 aliphatic rings. The minimum atomic E-state index is -5.16. The lowest BCUT2D eigenvalue weighted by molar-refractivity contribution is -0.107. The summed E-state index contributed by atoms with van der Waals surface area (Å²) in [6.45, 7) is 5.03. The average Bonchev–Trinajstić information content (AvgIpc) is 2.85. The number of carbonyl (C=O) groups is 1. The first kappa shape index (κ1) is 33.1. The first-order valence-electron chi connectivity index (χ1n) is 12.7. The summed E-state index contributed by atoms with van der Waals surface area (Å²) >= 11 is 0. The number of nitrogens with zero attached hydrogens (tertiary/aromatic N) is 2. The third-order valence-electron chi connectivity index (χ3n) is 5.66. The van der Waals surface area contributed by atoms with Crippen LogP contribution in [0.2, 0.25) is 0 Å². The van der Waals surface area contributed by atoms with Gasteiger partial charge in [-0.3, -0.25) is 0 Å². The summed E-state index contributed by atoms with van der Waals surface area (Å²) in [6, 6.07) is 19.2. The molecule has 0 atom stereocenters. The van der Waals surface area contributed by atoms with Gasteiger partial charge in [-0.25, -0.2) is 8.42 Å². The van der Waals surface area contributed by atoms with E-state index in [1.807, 2.05) is 38.0 Å². The summed E-state index contributed by atoms with van der Waals surface area (Å²) in [7, 11) is -1.19. The van der Waals surface area contributed by atoms with Crippen LogP contribution in [-0.4, -0.2) is 60.3 Å². The summed E-state index contributed by atoms with van der Waals surface area (Å²) in [6.07, 6.45) is -5.98. The minimum Gasteiger partial charge on any atom is -0.428 e. The topological polar surface area (TPSA) is 85.4 Å². The van der Waals surface area contributed by atoms with Gasteiger partial charge in [0.1, 0.15) is 11.4 Å². The zero-order chi connectivity index (χ0) is 31.5. The number of benzene rings is 3. The molecule has 0 heterocycles. The largest absolute Gasteiger partial charge is 0.514 e. The minimum absolute atomic E-state index is 0.0883. The molecule has 0 saturated carbocycles. The molecule has 42 heavy (non-hydrogen) atoms. The Morgan fingerprint density at radius 3 is 1.43 bits per heavy atom. The summed E-state index contributed by atoms with van der Waals surface area (Å²) in [5.41, 5.74) is 0.776. The van der Waals surface area contributed by atoms with Crippen LogP contribution in [0.5, 0.6) is 5.75 Å². The molecule has 3 aromatic carbocycles. The van der Waals surface area contributed by atoms with Crippen LogP contribution in [0, 0.1) is 0 Å². The van der Waals surface area contributed by atoms with E-state index in [0.29, 0.717) is 9.79 Å². The number of anilines is 2. The number of hydrogen-bond donors (Lipinski definition) is 0. The van der Waals surface area contributed by atoms with Gasteiger partial charge < -0.3 is 19.3 Å². The molecule has 0 fully saturated rings. The van der Waals surface area contributed by atoms with Crippen molar-refractivity contribution in [2.75, 3.05) is 43.7 Å². The highest BCUT2D eigenvalue weighted by Crippen LogP contribution is 2.70. The molecule has 3 aromatic rings. The van der Waals surface area contributed by atoms with Crippen molar-refractivity contribution in [3.05, 3.63) is 72.8 Å². The molecular formula is C29H35F3N2O6S2. The Bertz CT molecular complexity index is 1420. The summed E-state index contributed by atoms with van der Waals surface area (Å²) in [5.74, 6) is -2.08. The van der Waals surface area contributed by atoms with E-state index in [-0.39, 0.29) is 10.6 Å². The van der Waals surface area contributed by atoms with Crippen LogP contribution in [0.4, 0.5) is 29.3 Å². The first-order valence-corrected chi connectivity index (χ1v) is 15.8. The quantitative estimate of drug-likeness (QED) is 0.181. The molecule has 3 rings (SSSR count). The summed E-state index contributed by atoms with van der Waals surface area (Å²) in [4.78, 5) is 16.8. The van der Waals surface area contributed by atoms with Crippen molar-refractivity contribution >= 4 is 38.0 Å². The van der Waals surface area contributed by atoms with Gasteiger partial charge in [-0.15, -0.1) is 0 Å². The van der Waals surface area contributed by atoms with Crippen LogP contribution in [0.25, 0.3) is 0 Å². The lowest BCUT2D eigenvalue weighted by atomic mass is 10.2. The Hall–Kier alpha value is -3.42. The molecule has 0 amide bonds. The van der Waals surface area contributed by atoms with Gasteiger partial charge in [0, 0.05) is 54.3 Å². The van der Waals surface area contributed by atoms with Crippen molar-refractivity contribution in [2.24, 2.45) is 0 Å². The number of rotatable bonds is 9. The van der Waals surface area contributed by atoms with E-state index in [1.54, 1.807) is 69.3 Å². The van der Waals surface area contributed by atoms with Gasteiger partial charge in [0.15, 0.2) is 5.75 Å². The van der Waals surface area contributed by atoms with Gasteiger partial charge in [-0.2, -0.15) is 21.6 Å². The van der Waals surface area contributed by atoms with Crippen LogP contribution in [0.1, 0.15) is 20.8 Å². The molecule has 0 bridgehead atoms. The molecule has 0 aliphatic carbocycles. The molecule has 0 spiro atoms. The number of ether oxygens (including phenoxy) is 2. The Balaban J connectivity index is 2.26. The maximum absolute atomic E-state index is 13.4. The van der Waals surface area contributed by atoms with Crippen LogP contribution < -0.4 is 14.5 Å². The Labute approximate surface area is 246 Å². The van der Waals surface area contributed by atoms with Crippen molar-refractivity contribution in [3.8, 4) is 5.75 Å². The Morgan fingerprint density at radius 2 is 1.10 bits per heavy atom. The van der Waals surface area contributed by atoms with E-state index < -0.39 is 44.1 Å². The normalized spacial score (nSPS) is 12.9. The molecule has 8 nitrogen and oxygen atoms in total. The molecule has 0 unspecified atom stereocenters. The number of carbonyl (C=O) groups excluding carboxylic acids is 1. The smallest absolute Gasteiger partial charge is 0.428 e. The highest BCUT2D eigenvalue weighted by Gasteiger charge is 2.43. The fourth-order valence-electron chi connectivity index (χ4n) is 3.84. The second-order valence-electron chi connectivity index (χ2n) is 10.8. The molecule has 0 radical (unpaired) electrons. The van der Waals surface area contributed by atoms with Gasteiger partial charge in [0.05, 0.1) is 0 Å². The van der Waals surface area contributed by atoms with E-state index in [1.165, 1.54) is 24.3 Å². The molecule has 230 valence electrons. The standard InChI is InChI=1S/C29H35F3N2O6S2/c1-28(2,3)39-27(35)38-23-12-18-26(19-13-23)42(40-41(36,37)20-29(30,31)32,24-14-8-21(9-15-24)33(4)5)25-16-10-22(11-17-25)34(6)7/h8-19H,20H2,1-7H3. The lowest BCUT2D eigenvalue weighted by Gasteiger charge is -2.39. The second kappa shape index (κ2) is 12.4. The van der Waals surface area contributed by atoms with Crippen LogP contribution >= 0.6 is 10.3 Å². The summed E-state index contributed by atoms with van der Waals surface area (Å²) < 4.78 is 82.4. The van der Waals surface area contributed by atoms with Gasteiger partial charge in [0.2, 0.25) is 0 Å². The van der Waals surface area contributed by atoms with Crippen molar-refractivity contribution in [3.63, 3.8) is 0 Å². The van der Waals surface area contributed by atoms with E-state index in [4.69, 9.17) is 13.1 Å². The van der Waals surface area contributed by atoms with Crippen molar-refractivity contribution in [1.29, 1.82) is 0 Å². The fraction of sp³-hybridized carbons (Fsp3) is 0.345. The van der Waals surface area contributed by atoms with Gasteiger partial charge in [0.25, 0.3) is 10.1 Å². The third-order valence-corrected chi connectivity index (χ3v) is 10.8. The molecule has 0 N–H and O–H groups in total. The molecule has 0 aliphatic heterocycles. The molecular weight excluding hydrogens is 593 g/mol. The molecule has 13 heteroatoms. The summed E-state index contributed by atoms with van der Waals surface area (Å²) in [5, 5.41) is 0. The predicted molar refractivity (Wildman–Crippen MR) is 158 cm³/mol. The predicted octanol–water partition coefficient (Wildman–Crippen LogP) is 7.24. The molecule has 0 saturated heterocycles. The zero-order valence-electron chi connectivity index (χ0n) is 24.4. The number of halogens is 3. The average molecular weight is 629 g/mol. The van der Waals surface area contributed by atoms with Crippen LogP contribution in [-0.2, 0) is 18.5 Å². The lowest BCUT2D eigenvalue weighted by Crippen LogP contribution is -2.26. The second-order valence-corrected chi connectivity index (χ2v) is 15.2. The first-order chi connectivity index (χ1) is 19.3. The van der Waals surface area contributed by atoms with Crippen molar-refractivity contribution in [2.45, 2.75) is 47.2 Å². The fourth-order valence-corrected chi connectivity index (χ4v) is 9.00. The van der Waals surface area contributed by atoms with E-state index in [2.05, 4.69) is 0 Å². The van der Waals surface area contributed by atoms with E-state index >= 15 is 0 Å². The molecule has 0 aromatic heterocycles. The number of hydrogen-bond acceptors (Lipinski definition) is 8. The van der Waals surface area contributed by atoms with Gasteiger partial charge in [-0.1, -0.05) is 0 Å². The third kappa shape index (κ3) is 8.55. The Morgan fingerprint density at radius 1 is 0.714 bits per heavy atom. The van der Waals surface area contributed by atoms with Crippen molar-refractivity contribution < 1.29 is 39.5 Å². The van der Waals surface area contributed by atoms with Crippen LogP contribution in [0.15, 0.2) is 87.5 Å². The monoisotopic (exact) mass is 628 g/mol. The van der Waals surface area contributed by atoms with E-state index in [9.17, 15) is 26.4 Å². The zero-order valence-corrected chi connectivity index (χ0v) is 26.1. The highest BCUT2D eigenvalue weighted by molar-refractivity contribution is 8.33. The SMILES string of the molecule is CN(C)c1ccc(S(OS(=O)(=O)CC(F)(F)F)(c2ccc(OC(=O)OC(C)(C)C)cc2)c2ccc(N(C)C)cc2)cc1. The van der Waals surface area contributed by atoms with Crippen molar-refractivity contribution in [1.82, 2.24) is 0 Å². The van der Waals surface area contributed by atoms with Gasteiger partial charge >= 0.3 is 12.3 Å². The highest BCUT2D eigenvalue weighted by atomic mass is 32.3. The number of alkyl halides is 3. The van der Waals surface area contributed by atoms with Crippen LogP contribution in [0.3, 0.4) is 0 Å².